The molecule has 0 amide bonds. The van der Waals surface area contributed by atoms with Crippen molar-refractivity contribution in [3.63, 3.8) is 0 Å². The first-order valence-electron chi connectivity index (χ1n) is 5.15. The third-order valence-corrected chi connectivity index (χ3v) is 3.00. The van der Waals surface area contributed by atoms with Gasteiger partial charge in [-0.1, -0.05) is 6.92 Å². The third-order valence-electron chi connectivity index (χ3n) is 3.00. The van der Waals surface area contributed by atoms with Gasteiger partial charge in [0.15, 0.2) is 6.61 Å². The molecule has 0 aromatic carbocycles. The van der Waals surface area contributed by atoms with Gasteiger partial charge in [0.25, 0.3) is 0 Å². The molecule has 0 aromatic rings. The topological polar surface area (TPSA) is 54.0 Å². The van der Waals surface area contributed by atoms with Crippen LogP contribution >= 0.6 is 0 Å². The van der Waals surface area contributed by atoms with Gasteiger partial charge in [-0.05, 0) is 6.42 Å². The number of fused-ring (bicyclic) bond motifs is 3. The maximum atomic E-state index is 10.7. The summed E-state index contributed by atoms with van der Waals surface area (Å²) >= 11 is 0. The Morgan fingerprint density at radius 1 is 1.27 bits per heavy atom. The second-order valence-electron chi connectivity index (χ2n) is 4.18. The highest BCUT2D eigenvalue weighted by atomic mass is 16.9. The second kappa shape index (κ2) is 3.73. The van der Waals surface area contributed by atoms with Crippen LogP contribution < -0.4 is 0 Å². The van der Waals surface area contributed by atoms with Gasteiger partial charge in [-0.25, -0.2) is 0 Å². The number of ether oxygens (including phenoxy) is 4. The monoisotopic (exact) mass is 216 g/mol. The Morgan fingerprint density at radius 3 is 2.20 bits per heavy atom. The lowest BCUT2D eigenvalue weighted by molar-refractivity contribution is -0.474. The largest absolute Gasteiger partial charge is 0.457 e. The first-order chi connectivity index (χ1) is 7.10. The van der Waals surface area contributed by atoms with Crippen molar-refractivity contribution in [2.45, 2.75) is 26.2 Å². The molecule has 0 atom stereocenters. The fraction of sp³-hybridized carbons (Fsp3) is 0.900. The highest BCUT2D eigenvalue weighted by Crippen LogP contribution is 2.40. The maximum Gasteiger partial charge on any atom is 0.319 e. The number of esters is 1. The average Bonchev–Trinajstić information content (AvgIpc) is 2.29. The minimum absolute atomic E-state index is 0.00211. The average molecular weight is 216 g/mol. The molecule has 15 heavy (non-hydrogen) atoms. The van der Waals surface area contributed by atoms with Crippen molar-refractivity contribution in [3.05, 3.63) is 0 Å². The van der Waals surface area contributed by atoms with E-state index in [1.165, 1.54) is 6.92 Å². The highest BCUT2D eigenvalue weighted by Gasteiger charge is 2.52. The van der Waals surface area contributed by atoms with Gasteiger partial charge in [-0.3, -0.25) is 4.79 Å². The minimum atomic E-state index is -1.15. The molecular weight excluding hydrogens is 200 g/mol. The predicted molar refractivity (Wildman–Crippen MR) is 49.9 cm³/mol. The summed E-state index contributed by atoms with van der Waals surface area (Å²) in [6, 6.07) is 0. The van der Waals surface area contributed by atoms with E-state index in [0.717, 1.165) is 6.42 Å². The second-order valence-corrected chi connectivity index (χ2v) is 4.18. The molecule has 0 aliphatic carbocycles. The lowest BCUT2D eigenvalue weighted by atomic mass is 9.86. The Balaban J connectivity index is 1.94. The predicted octanol–water partition coefficient (Wildman–Crippen LogP) is 0.677. The molecule has 3 saturated heterocycles. The van der Waals surface area contributed by atoms with E-state index in [1.807, 2.05) is 0 Å². The smallest absolute Gasteiger partial charge is 0.319 e. The molecule has 2 bridgehead atoms. The molecule has 0 aromatic heterocycles. The van der Waals surface area contributed by atoms with Crippen molar-refractivity contribution in [1.82, 2.24) is 0 Å². The van der Waals surface area contributed by atoms with Gasteiger partial charge in [0.05, 0.1) is 19.8 Å². The van der Waals surface area contributed by atoms with Gasteiger partial charge in [-0.2, -0.15) is 0 Å². The third kappa shape index (κ3) is 2.00. The fourth-order valence-electron chi connectivity index (χ4n) is 1.66. The van der Waals surface area contributed by atoms with Crippen molar-refractivity contribution >= 4 is 5.97 Å². The van der Waals surface area contributed by atoms with Crippen LogP contribution in [0.25, 0.3) is 0 Å². The summed E-state index contributed by atoms with van der Waals surface area (Å²) in [6.45, 7) is 5.24. The fourth-order valence-corrected chi connectivity index (χ4v) is 1.66. The van der Waals surface area contributed by atoms with E-state index in [2.05, 4.69) is 6.92 Å². The highest BCUT2D eigenvalue weighted by molar-refractivity contribution is 5.65. The van der Waals surface area contributed by atoms with Gasteiger partial charge in [-0.15, -0.1) is 0 Å². The van der Waals surface area contributed by atoms with Gasteiger partial charge in [0.2, 0.25) is 0 Å². The zero-order valence-corrected chi connectivity index (χ0v) is 9.08. The molecule has 0 spiro atoms. The molecule has 5 heteroatoms. The van der Waals surface area contributed by atoms with Crippen molar-refractivity contribution in [2.75, 3.05) is 26.4 Å². The van der Waals surface area contributed by atoms with Crippen LogP contribution in [0.4, 0.5) is 0 Å². The van der Waals surface area contributed by atoms with Crippen molar-refractivity contribution in [1.29, 1.82) is 0 Å². The van der Waals surface area contributed by atoms with Gasteiger partial charge < -0.3 is 18.9 Å². The molecule has 0 saturated carbocycles. The summed E-state index contributed by atoms with van der Waals surface area (Å²) < 4.78 is 21.3. The Kier molecular flexibility index (Phi) is 2.70. The summed E-state index contributed by atoms with van der Waals surface area (Å²) in [5, 5.41) is 0. The van der Waals surface area contributed by atoms with E-state index < -0.39 is 5.97 Å². The number of hydrogen-bond donors (Lipinski definition) is 0. The molecule has 3 fully saturated rings. The maximum absolute atomic E-state index is 10.7. The van der Waals surface area contributed by atoms with Crippen LogP contribution in [0.1, 0.15) is 20.3 Å². The SMILES string of the molecule is CCC12COC(COC(C)=O)(OC1)OC2. The summed E-state index contributed by atoms with van der Waals surface area (Å²) in [7, 11) is 0. The minimum Gasteiger partial charge on any atom is -0.457 e. The van der Waals surface area contributed by atoms with Crippen LogP contribution in [-0.2, 0) is 23.7 Å². The van der Waals surface area contributed by atoms with Crippen LogP contribution in [-0.4, -0.2) is 38.4 Å². The van der Waals surface area contributed by atoms with Gasteiger partial charge in [0.1, 0.15) is 0 Å². The standard InChI is InChI=1S/C10H16O5/c1-3-9-4-13-10(14-5-9,15-6-9)7-12-8(2)11/h3-7H2,1-2H3. The Hall–Kier alpha value is -0.650. The van der Waals surface area contributed by atoms with Crippen LogP contribution in [0.15, 0.2) is 0 Å². The first kappa shape index (κ1) is 10.9. The lowest BCUT2D eigenvalue weighted by Gasteiger charge is -2.50. The molecule has 0 unspecified atom stereocenters. The van der Waals surface area contributed by atoms with Crippen molar-refractivity contribution in [2.24, 2.45) is 5.41 Å². The summed E-state index contributed by atoms with van der Waals surface area (Å²) in [5.41, 5.74) is -0.0159. The quantitative estimate of drug-likeness (QED) is 0.649. The summed E-state index contributed by atoms with van der Waals surface area (Å²) in [6.07, 6.45) is 0.955. The molecule has 3 aliphatic heterocycles. The number of hydrogen-bond acceptors (Lipinski definition) is 5. The first-order valence-corrected chi connectivity index (χ1v) is 5.15. The van der Waals surface area contributed by atoms with Gasteiger partial charge in [0, 0.05) is 12.3 Å². The van der Waals surface area contributed by atoms with E-state index in [1.54, 1.807) is 0 Å². The van der Waals surface area contributed by atoms with E-state index in [4.69, 9.17) is 18.9 Å². The Morgan fingerprint density at radius 2 is 1.80 bits per heavy atom. The molecule has 0 N–H and O–H groups in total. The van der Waals surface area contributed by atoms with E-state index in [0.29, 0.717) is 19.8 Å². The van der Waals surface area contributed by atoms with Crippen LogP contribution in [0.5, 0.6) is 0 Å². The normalized spacial score (nSPS) is 39.1. The number of carbonyl (C=O) groups is 1. The molecule has 5 nitrogen and oxygen atoms in total. The molecule has 0 radical (unpaired) electrons. The van der Waals surface area contributed by atoms with Crippen LogP contribution in [0.3, 0.4) is 0 Å². The molecule has 86 valence electrons. The lowest BCUT2D eigenvalue weighted by Crippen LogP contribution is -2.61. The molecule has 3 aliphatic rings. The van der Waals surface area contributed by atoms with Crippen molar-refractivity contribution < 1.29 is 23.7 Å². The number of rotatable bonds is 3. The Labute approximate surface area is 88.6 Å². The summed E-state index contributed by atoms with van der Waals surface area (Å²) in [5.74, 6) is -1.51. The zero-order valence-electron chi connectivity index (χ0n) is 9.08. The molecule has 3 heterocycles. The number of carbonyl (C=O) groups excluding carboxylic acids is 1. The van der Waals surface area contributed by atoms with E-state index in [-0.39, 0.29) is 18.0 Å². The van der Waals surface area contributed by atoms with E-state index >= 15 is 0 Å². The molecule has 3 rings (SSSR count). The Bertz CT molecular complexity index is 238. The van der Waals surface area contributed by atoms with Crippen molar-refractivity contribution in [3.8, 4) is 0 Å². The summed E-state index contributed by atoms with van der Waals surface area (Å²) in [4.78, 5) is 10.7. The van der Waals surface area contributed by atoms with Crippen LogP contribution in [0.2, 0.25) is 0 Å². The zero-order chi connectivity index (χ0) is 10.9. The molecular formula is C10H16O5. The van der Waals surface area contributed by atoms with Gasteiger partial charge >= 0.3 is 11.9 Å². The van der Waals surface area contributed by atoms with E-state index in [9.17, 15) is 4.79 Å². The van der Waals surface area contributed by atoms with Crippen LogP contribution in [0, 0.1) is 5.41 Å².